The van der Waals surface area contributed by atoms with E-state index in [1.165, 1.54) is 0 Å². The summed E-state index contributed by atoms with van der Waals surface area (Å²) >= 11 is 0. The highest BCUT2D eigenvalue weighted by molar-refractivity contribution is 5.45. The molecule has 0 radical (unpaired) electrons. The van der Waals surface area contributed by atoms with E-state index in [2.05, 4.69) is 6.07 Å². The molecule has 0 fully saturated rings. The van der Waals surface area contributed by atoms with Crippen LogP contribution in [0.4, 0.5) is 0 Å². The third kappa shape index (κ3) is 2.89. The Bertz CT molecular complexity index is 570. The summed E-state index contributed by atoms with van der Waals surface area (Å²) in [5.74, 6) is 1.82. The molecule has 4 nitrogen and oxygen atoms in total. The minimum Gasteiger partial charge on any atom is -0.497 e. The molecule has 0 amide bonds. The average molecular weight is 257 g/mol. The molecule has 0 spiro atoms. The van der Waals surface area contributed by atoms with E-state index in [9.17, 15) is 5.26 Å². The van der Waals surface area contributed by atoms with E-state index in [0.29, 0.717) is 17.9 Å². The van der Waals surface area contributed by atoms with Crippen LogP contribution in [-0.4, -0.2) is 14.2 Å². The maximum atomic E-state index is 9.37. The van der Waals surface area contributed by atoms with Crippen LogP contribution in [0.25, 0.3) is 0 Å². The van der Waals surface area contributed by atoms with E-state index in [1.807, 2.05) is 24.3 Å². The fraction of sp³-hybridized carbons (Fsp3) is 0.267. The highest BCUT2D eigenvalue weighted by Gasteiger charge is 2.18. The molecule has 0 saturated carbocycles. The number of furan rings is 1. The smallest absolute Gasteiger partial charge is 0.123 e. The summed E-state index contributed by atoms with van der Waals surface area (Å²) in [5, 5.41) is 9.37. The molecule has 98 valence electrons. The lowest BCUT2D eigenvalue weighted by atomic mass is 9.95. The van der Waals surface area contributed by atoms with Gasteiger partial charge in [-0.25, -0.2) is 0 Å². The molecule has 19 heavy (non-hydrogen) atoms. The minimum absolute atomic E-state index is 0.337. The maximum Gasteiger partial charge on any atom is 0.123 e. The Morgan fingerprint density at radius 2 is 2.11 bits per heavy atom. The number of nitrogens with zero attached hydrogens (tertiary/aromatic N) is 1. The van der Waals surface area contributed by atoms with Gasteiger partial charge in [0.2, 0.25) is 0 Å². The summed E-state index contributed by atoms with van der Waals surface area (Å²) in [6, 6.07) is 11.4. The van der Waals surface area contributed by atoms with Crippen LogP contribution >= 0.6 is 0 Å². The number of ether oxygens (including phenoxy) is 2. The number of hydrogen-bond acceptors (Lipinski definition) is 4. The predicted molar refractivity (Wildman–Crippen MR) is 70.3 cm³/mol. The summed E-state index contributed by atoms with van der Waals surface area (Å²) in [6.45, 7) is 0. The van der Waals surface area contributed by atoms with Gasteiger partial charge in [0.25, 0.3) is 0 Å². The van der Waals surface area contributed by atoms with Gasteiger partial charge in [0.1, 0.15) is 17.3 Å². The Kier molecular flexibility index (Phi) is 4.09. The number of hydrogen-bond donors (Lipinski definition) is 0. The second kappa shape index (κ2) is 5.96. The van der Waals surface area contributed by atoms with Crippen molar-refractivity contribution in [2.75, 3.05) is 14.2 Å². The van der Waals surface area contributed by atoms with Crippen molar-refractivity contribution < 1.29 is 13.9 Å². The third-order valence-corrected chi connectivity index (χ3v) is 2.95. The molecule has 0 aliphatic heterocycles. The first-order chi connectivity index (χ1) is 9.28. The number of methoxy groups -OCH3 is 2. The number of nitriles is 1. The Hall–Kier alpha value is -2.41. The quantitative estimate of drug-likeness (QED) is 0.825. The SMILES string of the molecule is COc1ccc(OC)c(C(C#N)Cc2ccco2)c1. The van der Waals surface area contributed by atoms with Gasteiger partial charge < -0.3 is 13.9 Å². The van der Waals surface area contributed by atoms with Crippen molar-refractivity contribution in [1.82, 2.24) is 0 Å². The predicted octanol–water partition coefficient (Wildman–Crippen LogP) is 3.15. The molecule has 1 heterocycles. The molecule has 1 unspecified atom stereocenters. The van der Waals surface area contributed by atoms with Crippen molar-refractivity contribution in [2.24, 2.45) is 0 Å². The van der Waals surface area contributed by atoms with Gasteiger partial charge >= 0.3 is 0 Å². The van der Waals surface area contributed by atoms with Gasteiger partial charge in [-0.3, -0.25) is 0 Å². The van der Waals surface area contributed by atoms with Crippen molar-refractivity contribution in [3.63, 3.8) is 0 Å². The zero-order valence-corrected chi connectivity index (χ0v) is 10.9. The molecule has 2 aromatic rings. The summed E-state index contributed by atoms with van der Waals surface area (Å²) < 4.78 is 15.8. The number of rotatable bonds is 5. The Balaban J connectivity index is 2.34. The molecular weight excluding hydrogens is 242 g/mol. The first-order valence-corrected chi connectivity index (χ1v) is 5.92. The minimum atomic E-state index is -0.337. The molecule has 2 rings (SSSR count). The molecule has 0 bridgehead atoms. The monoisotopic (exact) mass is 257 g/mol. The van der Waals surface area contributed by atoms with Gasteiger partial charge in [-0.2, -0.15) is 5.26 Å². The summed E-state index contributed by atoms with van der Waals surface area (Å²) in [7, 11) is 3.19. The van der Waals surface area contributed by atoms with Gasteiger partial charge in [0.05, 0.1) is 32.5 Å². The third-order valence-electron chi connectivity index (χ3n) is 2.95. The second-order valence-corrected chi connectivity index (χ2v) is 4.07. The van der Waals surface area contributed by atoms with Gasteiger partial charge in [0, 0.05) is 12.0 Å². The zero-order valence-electron chi connectivity index (χ0n) is 10.9. The molecule has 1 atom stereocenters. The van der Waals surface area contributed by atoms with Crippen LogP contribution in [-0.2, 0) is 6.42 Å². The normalized spacial score (nSPS) is 11.6. The maximum absolute atomic E-state index is 9.37. The van der Waals surface area contributed by atoms with Crippen LogP contribution in [0.3, 0.4) is 0 Å². The van der Waals surface area contributed by atoms with Gasteiger partial charge in [-0.1, -0.05) is 0 Å². The van der Waals surface area contributed by atoms with E-state index >= 15 is 0 Å². The van der Waals surface area contributed by atoms with Crippen LogP contribution in [0.1, 0.15) is 17.2 Å². The lowest BCUT2D eigenvalue weighted by Crippen LogP contribution is -2.03. The fourth-order valence-corrected chi connectivity index (χ4v) is 1.97. The molecule has 0 saturated heterocycles. The van der Waals surface area contributed by atoms with Crippen molar-refractivity contribution in [2.45, 2.75) is 12.3 Å². The standard InChI is InChI=1S/C15H15NO3/c1-17-12-5-6-15(18-2)14(9-12)11(10-16)8-13-4-3-7-19-13/h3-7,9,11H,8H2,1-2H3. The van der Waals surface area contributed by atoms with E-state index in [4.69, 9.17) is 13.9 Å². The first kappa shape index (κ1) is 13.0. The largest absolute Gasteiger partial charge is 0.497 e. The summed E-state index contributed by atoms with van der Waals surface area (Å²) in [4.78, 5) is 0. The van der Waals surface area contributed by atoms with Crippen LogP contribution in [0, 0.1) is 11.3 Å². The van der Waals surface area contributed by atoms with Crippen LogP contribution in [0.5, 0.6) is 11.5 Å². The summed E-state index contributed by atoms with van der Waals surface area (Å²) in [6.07, 6.45) is 2.11. The average Bonchev–Trinajstić information content (AvgIpc) is 2.97. The van der Waals surface area contributed by atoms with E-state index in [-0.39, 0.29) is 5.92 Å². The van der Waals surface area contributed by atoms with Gasteiger partial charge in [0.15, 0.2) is 0 Å². The summed E-state index contributed by atoms with van der Waals surface area (Å²) in [5.41, 5.74) is 0.806. The Labute approximate surface area is 112 Å². The van der Waals surface area contributed by atoms with Crippen LogP contribution in [0.15, 0.2) is 41.0 Å². The Morgan fingerprint density at radius 1 is 1.26 bits per heavy atom. The molecule has 0 N–H and O–H groups in total. The van der Waals surface area contributed by atoms with Gasteiger partial charge in [-0.15, -0.1) is 0 Å². The van der Waals surface area contributed by atoms with Gasteiger partial charge in [-0.05, 0) is 30.3 Å². The molecule has 0 aliphatic carbocycles. The molecule has 1 aromatic carbocycles. The molecule has 0 aliphatic rings. The Morgan fingerprint density at radius 3 is 2.68 bits per heavy atom. The number of benzene rings is 1. The molecule has 4 heteroatoms. The van der Waals surface area contributed by atoms with Crippen molar-refractivity contribution in [3.8, 4) is 17.6 Å². The van der Waals surface area contributed by atoms with E-state index in [0.717, 1.165) is 11.3 Å². The highest BCUT2D eigenvalue weighted by Crippen LogP contribution is 2.32. The molecular formula is C15H15NO3. The lowest BCUT2D eigenvalue weighted by molar-refractivity contribution is 0.396. The zero-order chi connectivity index (χ0) is 13.7. The van der Waals surface area contributed by atoms with Crippen molar-refractivity contribution in [3.05, 3.63) is 47.9 Å². The van der Waals surface area contributed by atoms with Crippen molar-refractivity contribution >= 4 is 0 Å². The topological polar surface area (TPSA) is 55.4 Å². The fourth-order valence-electron chi connectivity index (χ4n) is 1.97. The van der Waals surface area contributed by atoms with Crippen molar-refractivity contribution in [1.29, 1.82) is 5.26 Å². The van der Waals surface area contributed by atoms with E-state index < -0.39 is 0 Å². The van der Waals surface area contributed by atoms with Crippen LogP contribution < -0.4 is 9.47 Å². The first-order valence-electron chi connectivity index (χ1n) is 5.92. The second-order valence-electron chi connectivity index (χ2n) is 4.07. The van der Waals surface area contributed by atoms with Crippen LogP contribution in [0.2, 0.25) is 0 Å². The molecule has 1 aromatic heterocycles. The lowest BCUT2D eigenvalue weighted by Gasteiger charge is -2.14. The van der Waals surface area contributed by atoms with E-state index in [1.54, 1.807) is 26.5 Å². The highest BCUT2D eigenvalue weighted by atomic mass is 16.5.